The van der Waals surface area contributed by atoms with Gasteiger partial charge in [0, 0.05) is 17.7 Å². The van der Waals surface area contributed by atoms with Crippen LogP contribution in [0.25, 0.3) is 16.8 Å². The molecule has 0 fully saturated rings. The van der Waals surface area contributed by atoms with Crippen LogP contribution >= 0.6 is 0 Å². The number of hydrogen-bond donors (Lipinski definition) is 1. The SMILES string of the molecule is COC(=O)/C(=C/c1cccc([N+](=O)[O-])c1)NC(=O)c1cccc2ccccc12. The van der Waals surface area contributed by atoms with Gasteiger partial charge in [0.1, 0.15) is 5.70 Å². The average Bonchev–Trinajstić information content (AvgIpc) is 2.72. The van der Waals surface area contributed by atoms with Crippen molar-refractivity contribution in [3.05, 3.63) is 93.7 Å². The number of nitrogens with zero attached hydrogens (tertiary/aromatic N) is 1. The number of methoxy groups -OCH3 is 1. The Bertz CT molecular complexity index is 1100. The topological polar surface area (TPSA) is 98.5 Å². The van der Waals surface area contributed by atoms with Crippen molar-refractivity contribution < 1.29 is 19.2 Å². The summed E-state index contributed by atoms with van der Waals surface area (Å²) in [5.41, 5.74) is 0.527. The molecule has 0 heterocycles. The Morgan fingerprint density at radius 1 is 1.04 bits per heavy atom. The molecule has 0 spiro atoms. The molecular formula is C21H16N2O5. The smallest absolute Gasteiger partial charge is 0.354 e. The van der Waals surface area contributed by atoms with E-state index < -0.39 is 16.8 Å². The van der Waals surface area contributed by atoms with Crippen LogP contribution in [-0.4, -0.2) is 23.9 Å². The molecule has 3 aromatic rings. The molecule has 0 radical (unpaired) electrons. The van der Waals surface area contributed by atoms with Gasteiger partial charge in [-0.05, 0) is 28.5 Å². The lowest BCUT2D eigenvalue weighted by atomic mass is 10.0. The van der Waals surface area contributed by atoms with E-state index in [9.17, 15) is 19.7 Å². The Morgan fingerprint density at radius 3 is 2.50 bits per heavy atom. The van der Waals surface area contributed by atoms with Crippen molar-refractivity contribution in [3.8, 4) is 0 Å². The second-order valence-corrected chi connectivity index (χ2v) is 5.88. The molecule has 0 aromatic heterocycles. The first-order chi connectivity index (χ1) is 13.5. The Kier molecular flexibility index (Phi) is 5.45. The molecule has 0 aliphatic carbocycles. The van der Waals surface area contributed by atoms with E-state index in [1.165, 1.54) is 31.4 Å². The normalized spacial score (nSPS) is 11.1. The largest absolute Gasteiger partial charge is 0.464 e. The average molecular weight is 376 g/mol. The molecule has 0 unspecified atom stereocenters. The van der Waals surface area contributed by atoms with Crippen molar-refractivity contribution in [3.63, 3.8) is 0 Å². The summed E-state index contributed by atoms with van der Waals surface area (Å²) >= 11 is 0. The van der Waals surface area contributed by atoms with Crippen molar-refractivity contribution in [1.82, 2.24) is 5.32 Å². The second-order valence-electron chi connectivity index (χ2n) is 5.88. The Labute approximate surface area is 160 Å². The number of hydrogen-bond acceptors (Lipinski definition) is 5. The van der Waals surface area contributed by atoms with Crippen molar-refractivity contribution in [2.45, 2.75) is 0 Å². The number of carbonyl (C=O) groups is 2. The van der Waals surface area contributed by atoms with E-state index in [0.29, 0.717) is 11.1 Å². The number of non-ortho nitro benzene ring substituents is 1. The molecule has 3 rings (SSSR count). The number of nitro groups is 1. The molecular weight excluding hydrogens is 360 g/mol. The fourth-order valence-electron chi connectivity index (χ4n) is 2.76. The number of esters is 1. The molecule has 1 N–H and O–H groups in total. The van der Waals surface area contributed by atoms with Gasteiger partial charge in [-0.25, -0.2) is 4.79 Å². The predicted molar refractivity (Wildman–Crippen MR) is 105 cm³/mol. The standard InChI is InChI=1S/C21H16N2O5/c1-28-21(25)19(13-14-6-4-9-16(12-14)23(26)27)22-20(24)18-11-5-8-15-7-2-3-10-17(15)18/h2-13H,1H3,(H,22,24)/b19-13-. The lowest BCUT2D eigenvalue weighted by Crippen LogP contribution is -2.28. The fourth-order valence-corrected chi connectivity index (χ4v) is 2.76. The van der Waals surface area contributed by atoms with Crippen LogP contribution < -0.4 is 5.32 Å². The zero-order valence-electron chi connectivity index (χ0n) is 14.9. The molecule has 1 amide bonds. The Morgan fingerprint density at radius 2 is 1.75 bits per heavy atom. The van der Waals surface area contributed by atoms with Crippen LogP contribution in [0.3, 0.4) is 0 Å². The van der Waals surface area contributed by atoms with E-state index in [4.69, 9.17) is 4.74 Å². The molecule has 7 heteroatoms. The lowest BCUT2D eigenvalue weighted by Gasteiger charge is -2.10. The monoisotopic (exact) mass is 376 g/mol. The van der Waals surface area contributed by atoms with Gasteiger partial charge in [0.15, 0.2) is 0 Å². The Hall–Kier alpha value is -4.00. The van der Waals surface area contributed by atoms with Gasteiger partial charge in [-0.2, -0.15) is 0 Å². The highest BCUT2D eigenvalue weighted by Crippen LogP contribution is 2.20. The summed E-state index contributed by atoms with van der Waals surface area (Å²) in [5, 5.41) is 15.1. The number of ether oxygens (including phenoxy) is 1. The number of benzene rings is 3. The van der Waals surface area contributed by atoms with Gasteiger partial charge >= 0.3 is 5.97 Å². The van der Waals surface area contributed by atoms with Crippen LogP contribution in [0.15, 0.2) is 72.4 Å². The highest BCUT2D eigenvalue weighted by atomic mass is 16.6. The van der Waals surface area contributed by atoms with Crippen molar-refractivity contribution in [2.24, 2.45) is 0 Å². The van der Waals surface area contributed by atoms with E-state index in [1.54, 1.807) is 18.2 Å². The van der Waals surface area contributed by atoms with Crippen molar-refractivity contribution in [2.75, 3.05) is 7.11 Å². The number of carbonyl (C=O) groups excluding carboxylic acids is 2. The van der Waals surface area contributed by atoms with Gasteiger partial charge in [0.2, 0.25) is 0 Å². The van der Waals surface area contributed by atoms with Crippen LogP contribution in [0.2, 0.25) is 0 Å². The number of nitrogens with one attached hydrogen (secondary N) is 1. The molecule has 140 valence electrons. The maximum atomic E-state index is 12.8. The van der Waals surface area contributed by atoms with E-state index in [-0.39, 0.29) is 11.4 Å². The third kappa shape index (κ3) is 4.04. The maximum absolute atomic E-state index is 12.8. The molecule has 0 aliphatic rings. The summed E-state index contributed by atoms with van der Waals surface area (Å²) in [7, 11) is 1.19. The number of rotatable bonds is 5. The van der Waals surface area contributed by atoms with Crippen LogP contribution in [0.4, 0.5) is 5.69 Å². The second kappa shape index (κ2) is 8.13. The molecule has 0 bridgehead atoms. The van der Waals surface area contributed by atoms with Gasteiger partial charge in [-0.3, -0.25) is 14.9 Å². The van der Waals surface area contributed by atoms with Crippen LogP contribution in [0.5, 0.6) is 0 Å². The highest BCUT2D eigenvalue weighted by molar-refractivity contribution is 6.10. The van der Waals surface area contributed by atoms with Gasteiger partial charge in [-0.15, -0.1) is 0 Å². The molecule has 7 nitrogen and oxygen atoms in total. The third-order valence-electron chi connectivity index (χ3n) is 4.08. The molecule has 0 saturated heterocycles. The van der Waals surface area contributed by atoms with Gasteiger partial charge < -0.3 is 10.1 Å². The highest BCUT2D eigenvalue weighted by Gasteiger charge is 2.17. The van der Waals surface area contributed by atoms with Gasteiger partial charge in [-0.1, -0.05) is 48.5 Å². The summed E-state index contributed by atoms with van der Waals surface area (Å²) in [6, 6.07) is 18.4. The van der Waals surface area contributed by atoms with Crippen LogP contribution in [-0.2, 0) is 9.53 Å². The third-order valence-corrected chi connectivity index (χ3v) is 4.08. The minimum Gasteiger partial charge on any atom is -0.464 e. The minimum absolute atomic E-state index is 0.124. The summed E-state index contributed by atoms with van der Waals surface area (Å²) in [6.07, 6.45) is 1.34. The number of amides is 1. The first kappa shape index (κ1) is 18.8. The predicted octanol–water partition coefficient (Wildman–Crippen LogP) is 3.69. The van der Waals surface area contributed by atoms with Crippen LogP contribution in [0.1, 0.15) is 15.9 Å². The van der Waals surface area contributed by atoms with Gasteiger partial charge in [0.05, 0.1) is 12.0 Å². The number of nitro benzene ring substituents is 1. The van der Waals surface area contributed by atoms with E-state index >= 15 is 0 Å². The van der Waals surface area contributed by atoms with Gasteiger partial charge in [0.25, 0.3) is 11.6 Å². The van der Waals surface area contributed by atoms with E-state index in [0.717, 1.165) is 10.8 Å². The van der Waals surface area contributed by atoms with Crippen LogP contribution in [0, 0.1) is 10.1 Å². The maximum Gasteiger partial charge on any atom is 0.354 e. The summed E-state index contributed by atoms with van der Waals surface area (Å²) in [6.45, 7) is 0. The quantitative estimate of drug-likeness (QED) is 0.317. The summed E-state index contributed by atoms with van der Waals surface area (Å²) < 4.78 is 4.73. The summed E-state index contributed by atoms with van der Waals surface area (Å²) in [5.74, 6) is -1.25. The first-order valence-corrected chi connectivity index (χ1v) is 8.33. The molecule has 28 heavy (non-hydrogen) atoms. The zero-order chi connectivity index (χ0) is 20.1. The van der Waals surface area contributed by atoms with Crippen molar-refractivity contribution in [1.29, 1.82) is 0 Å². The Balaban J connectivity index is 1.97. The lowest BCUT2D eigenvalue weighted by molar-refractivity contribution is -0.384. The fraction of sp³-hybridized carbons (Fsp3) is 0.0476. The molecule has 0 aliphatic heterocycles. The minimum atomic E-state index is -0.764. The first-order valence-electron chi connectivity index (χ1n) is 8.33. The van der Waals surface area contributed by atoms with E-state index in [2.05, 4.69) is 5.32 Å². The number of fused-ring (bicyclic) bond motifs is 1. The van der Waals surface area contributed by atoms with Crippen molar-refractivity contribution >= 4 is 34.4 Å². The summed E-state index contributed by atoms with van der Waals surface area (Å²) in [4.78, 5) is 35.3. The molecule has 0 atom stereocenters. The molecule has 3 aromatic carbocycles. The molecule has 0 saturated carbocycles. The zero-order valence-corrected chi connectivity index (χ0v) is 14.9. The van der Waals surface area contributed by atoms with E-state index in [1.807, 2.05) is 30.3 Å².